The maximum Gasteiger partial charge on any atom is 0.289 e. The Morgan fingerprint density at radius 3 is 2.57 bits per heavy atom. The summed E-state index contributed by atoms with van der Waals surface area (Å²) in [6.45, 7) is 2.44. The minimum Gasteiger partial charge on any atom is -0.484 e. The van der Waals surface area contributed by atoms with Crippen molar-refractivity contribution in [3.63, 3.8) is 0 Å². The van der Waals surface area contributed by atoms with Crippen molar-refractivity contribution in [1.82, 2.24) is 20.9 Å². The van der Waals surface area contributed by atoms with Crippen molar-refractivity contribution in [2.24, 2.45) is 17.8 Å². The number of ketones is 1. The highest BCUT2D eigenvalue weighted by Gasteiger charge is 2.50. The molecule has 2 heterocycles. The molecule has 2 aliphatic heterocycles. The number of rotatable bonds is 11. The smallest absolute Gasteiger partial charge is 0.289 e. The molecule has 0 aromatic heterocycles. The van der Waals surface area contributed by atoms with Crippen LogP contribution < -0.4 is 20.7 Å². The Hall–Kier alpha value is -3.99. The predicted octanol–water partition coefficient (Wildman–Crippen LogP) is 2.87. The Balaban J connectivity index is 1.28. The number of nitrogens with one attached hydrogen (secondary N) is 3. The lowest BCUT2D eigenvalue weighted by molar-refractivity contribution is -0.143. The first-order valence-electron chi connectivity index (χ1n) is 15.0. The summed E-state index contributed by atoms with van der Waals surface area (Å²) in [6.07, 6.45) is 3.07. The molecule has 1 saturated carbocycles. The standard InChI is InChI=1S/C32H36ClFN4O6/c1-2-35-32(43)29(40)26(14-19-12-13-36-30(19)41)37-31(42)28-24-5-3-4-20(24)16-38(28)27(39)17-44-22-10-11-23(25(33)15-22)18-6-8-21(34)9-7-18/h6-11,15,19-20,24,26,28H,2-5,12-14,16-17H2,1H3,(H,35,43)(H,36,41)(H,37,42)/t19-,20-,24-,26-,28-/m0/s1. The van der Waals surface area contributed by atoms with Gasteiger partial charge in [0.25, 0.3) is 11.8 Å². The van der Waals surface area contributed by atoms with Crippen LogP contribution in [0.1, 0.15) is 39.0 Å². The van der Waals surface area contributed by atoms with Gasteiger partial charge in [-0.15, -0.1) is 0 Å². The van der Waals surface area contributed by atoms with E-state index in [1.807, 2.05) is 0 Å². The highest BCUT2D eigenvalue weighted by molar-refractivity contribution is 6.38. The van der Waals surface area contributed by atoms with Gasteiger partial charge in [0.05, 0.1) is 11.1 Å². The number of halogens is 2. The zero-order valence-electron chi connectivity index (χ0n) is 24.4. The summed E-state index contributed by atoms with van der Waals surface area (Å²) in [6, 6.07) is 8.86. The van der Waals surface area contributed by atoms with E-state index in [4.69, 9.17) is 16.3 Å². The number of fused-ring (bicyclic) bond motifs is 1. The lowest BCUT2D eigenvalue weighted by atomic mass is 9.91. The summed E-state index contributed by atoms with van der Waals surface area (Å²) < 4.78 is 19.1. The first-order valence-corrected chi connectivity index (χ1v) is 15.4. The molecule has 2 saturated heterocycles. The molecule has 44 heavy (non-hydrogen) atoms. The summed E-state index contributed by atoms with van der Waals surface area (Å²) >= 11 is 6.46. The highest BCUT2D eigenvalue weighted by atomic mass is 35.5. The zero-order valence-corrected chi connectivity index (χ0v) is 25.2. The number of amides is 4. The van der Waals surface area contributed by atoms with Gasteiger partial charge in [0.2, 0.25) is 17.6 Å². The van der Waals surface area contributed by atoms with Crippen molar-refractivity contribution in [1.29, 1.82) is 0 Å². The minimum atomic E-state index is -1.20. The quantitative estimate of drug-likeness (QED) is 0.329. The van der Waals surface area contributed by atoms with Gasteiger partial charge in [0.15, 0.2) is 6.61 Å². The number of ether oxygens (including phenoxy) is 1. The maximum absolute atomic E-state index is 13.8. The van der Waals surface area contributed by atoms with Gasteiger partial charge in [-0.05, 0) is 80.3 Å². The van der Waals surface area contributed by atoms with E-state index in [0.29, 0.717) is 35.8 Å². The number of benzene rings is 2. The molecule has 3 N–H and O–H groups in total. The summed E-state index contributed by atoms with van der Waals surface area (Å²) in [7, 11) is 0. The van der Waals surface area contributed by atoms with Crippen LogP contribution in [-0.2, 0) is 24.0 Å². The molecule has 5 rings (SSSR count). The molecular weight excluding hydrogens is 591 g/mol. The van der Waals surface area contributed by atoms with E-state index in [1.54, 1.807) is 37.3 Å². The fourth-order valence-electron chi connectivity index (χ4n) is 6.62. The van der Waals surface area contributed by atoms with Gasteiger partial charge in [0.1, 0.15) is 17.6 Å². The van der Waals surface area contributed by atoms with Gasteiger partial charge in [-0.2, -0.15) is 0 Å². The monoisotopic (exact) mass is 626 g/mol. The molecule has 3 aliphatic rings. The lowest BCUT2D eigenvalue weighted by Crippen LogP contribution is -2.55. The molecule has 0 radical (unpaired) electrons. The second kappa shape index (κ2) is 13.8. The number of carbonyl (C=O) groups excluding carboxylic acids is 5. The summed E-state index contributed by atoms with van der Waals surface area (Å²) in [4.78, 5) is 66.5. The molecule has 2 aromatic rings. The molecule has 4 amide bonds. The van der Waals surface area contributed by atoms with Crippen LogP contribution in [0.2, 0.25) is 5.02 Å². The van der Waals surface area contributed by atoms with E-state index < -0.39 is 35.6 Å². The molecule has 0 unspecified atom stereocenters. The zero-order chi connectivity index (χ0) is 31.4. The Labute approximate surface area is 260 Å². The molecule has 0 spiro atoms. The molecule has 1 aliphatic carbocycles. The van der Waals surface area contributed by atoms with Crippen molar-refractivity contribution in [2.45, 2.75) is 51.1 Å². The van der Waals surface area contributed by atoms with E-state index in [-0.39, 0.29) is 49.0 Å². The molecule has 234 valence electrons. The Morgan fingerprint density at radius 1 is 1.11 bits per heavy atom. The normalized spacial score (nSPS) is 23.1. The van der Waals surface area contributed by atoms with E-state index in [2.05, 4.69) is 16.0 Å². The van der Waals surface area contributed by atoms with Crippen LogP contribution in [0.3, 0.4) is 0 Å². The fraction of sp³-hybridized carbons (Fsp3) is 0.469. The topological polar surface area (TPSA) is 134 Å². The molecule has 12 heteroatoms. The van der Waals surface area contributed by atoms with Crippen LogP contribution in [0, 0.1) is 23.6 Å². The fourth-order valence-corrected chi connectivity index (χ4v) is 6.90. The number of likely N-dealkylation sites (N-methyl/N-ethyl adjacent to an activating group) is 1. The Bertz CT molecular complexity index is 1440. The Morgan fingerprint density at radius 2 is 1.89 bits per heavy atom. The third-order valence-electron chi connectivity index (χ3n) is 8.81. The molecule has 10 nitrogen and oxygen atoms in total. The number of hydrogen-bond donors (Lipinski definition) is 3. The van der Waals surface area contributed by atoms with E-state index in [9.17, 15) is 28.4 Å². The number of carbonyl (C=O) groups is 5. The van der Waals surface area contributed by atoms with Crippen molar-refractivity contribution in [3.8, 4) is 16.9 Å². The number of nitrogens with zero attached hydrogens (tertiary/aromatic N) is 1. The van der Waals surface area contributed by atoms with Crippen molar-refractivity contribution in [2.75, 3.05) is 26.2 Å². The van der Waals surface area contributed by atoms with Crippen LogP contribution in [0.25, 0.3) is 11.1 Å². The van der Waals surface area contributed by atoms with E-state index >= 15 is 0 Å². The van der Waals surface area contributed by atoms with Gasteiger partial charge in [-0.3, -0.25) is 24.0 Å². The molecular formula is C32H36ClFN4O6. The molecule has 2 aromatic carbocycles. The van der Waals surface area contributed by atoms with E-state index in [1.165, 1.54) is 17.0 Å². The average molecular weight is 627 g/mol. The summed E-state index contributed by atoms with van der Waals surface area (Å²) in [5.74, 6) is -3.21. The first kappa shape index (κ1) is 31.4. The number of hydrogen-bond acceptors (Lipinski definition) is 6. The minimum absolute atomic E-state index is 0.0000895. The van der Waals surface area contributed by atoms with Gasteiger partial charge >= 0.3 is 0 Å². The van der Waals surface area contributed by atoms with Crippen molar-refractivity contribution < 1.29 is 33.1 Å². The maximum atomic E-state index is 13.8. The largest absolute Gasteiger partial charge is 0.484 e. The van der Waals surface area contributed by atoms with Gasteiger partial charge in [-0.25, -0.2) is 4.39 Å². The number of likely N-dealkylation sites (tertiary alicyclic amines) is 1. The van der Waals surface area contributed by atoms with Gasteiger partial charge < -0.3 is 25.6 Å². The van der Waals surface area contributed by atoms with Crippen LogP contribution in [0.4, 0.5) is 4.39 Å². The second-order valence-electron chi connectivity index (χ2n) is 11.6. The van der Waals surface area contributed by atoms with Crippen LogP contribution >= 0.6 is 11.6 Å². The summed E-state index contributed by atoms with van der Waals surface area (Å²) in [5.41, 5.74) is 1.41. The predicted molar refractivity (Wildman–Crippen MR) is 160 cm³/mol. The van der Waals surface area contributed by atoms with E-state index in [0.717, 1.165) is 24.8 Å². The molecule has 3 fully saturated rings. The SMILES string of the molecule is CCNC(=O)C(=O)[C@H](C[C@@H]1CCNC1=O)NC(=O)[C@@H]1[C@H]2CCC[C@H]2CN1C(=O)COc1ccc(-c2ccc(F)cc2)c(Cl)c1. The first-order chi connectivity index (χ1) is 21.2. The van der Waals surface area contributed by atoms with Crippen LogP contribution in [0.5, 0.6) is 5.75 Å². The third-order valence-corrected chi connectivity index (χ3v) is 9.13. The van der Waals surface area contributed by atoms with Gasteiger partial charge in [0, 0.05) is 31.1 Å². The Kier molecular flexibility index (Phi) is 9.83. The van der Waals surface area contributed by atoms with Crippen LogP contribution in [-0.4, -0.2) is 72.6 Å². The lowest BCUT2D eigenvalue weighted by Gasteiger charge is -2.29. The van der Waals surface area contributed by atoms with Crippen molar-refractivity contribution in [3.05, 3.63) is 53.3 Å². The highest BCUT2D eigenvalue weighted by Crippen LogP contribution is 2.42. The molecule has 5 atom stereocenters. The number of Topliss-reactive ketones (excluding diaryl/α,β-unsaturated/α-hetero) is 1. The van der Waals surface area contributed by atoms with Crippen LogP contribution in [0.15, 0.2) is 42.5 Å². The molecule has 0 bridgehead atoms. The van der Waals surface area contributed by atoms with Crippen molar-refractivity contribution >= 4 is 41.0 Å². The summed E-state index contributed by atoms with van der Waals surface area (Å²) in [5, 5.41) is 8.31. The average Bonchev–Trinajstić information content (AvgIpc) is 3.72. The second-order valence-corrected chi connectivity index (χ2v) is 12.0. The third kappa shape index (κ3) is 6.88. The van der Waals surface area contributed by atoms with Gasteiger partial charge in [-0.1, -0.05) is 30.2 Å².